The second kappa shape index (κ2) is 8.47. The van der Waals surface area contributed by atoms with E-state index in [2.05, 4.69) is 27.0 Å². The van der Waals surface area contributed by atoms with E-state index in [1.165, 1.54) is 0 Å². The zero-order valence-corrected chi connectivity index (χ0v) is 18.4. The highest BCUT2D eigenvalue weighted by Crippen LogP contribution is 2.43. The molecule has 148 valence electrons. The number of hydrazone groups is 1. The van der Waals surface area contributed by atoms with Gasteiger partial charge in [0, 0.05) is 27.5 Å². The maximum atomic E-state index is 6.07. The molecule has 0 N–H and O–H groups in total. The van der Waals surface area contributed by atoms with Crippen LogP contribution in [0.25, 0.3) is 0 Å². The lowest BCUT2D eigenvalue weighted by Crippen LogP contribution is -2.19. The number of benzene rings is 3. The van der Waals surface area contributed by atoms with Crippen LogP contribution in [0.5, 0.6) is 11.5 Å². The number of anilines is 1. The van der Waals surface area contributed by atoms with Crippen LogP contribution in [0.15, 0.2) is 76.3 Å². The molecule has 0 saturated heterocycles. The molecule has 1 aliphatic rings. The zero-order chi connectivity index (χ0) is 20.4. The number of rotatable bonds is 5. The van der Waals surface area contributed by atoms with Gasteiger partial charge in [-0.15, -0.1) is 0 Å². The van der Waals surface area contributed by atoms with Crippen molar-refractivity contribution in [1.29, 1.82) is 0 Å². The largest absolute Gasteiger partial charge is 0.497 e. The number of hydrogen-bond acceptors (Lipinski definition) is 4. The Morgan fingerprint density at radius 2 is 1.76 bits per heavy atom. The van der Waals surface area contributed by atoms with Crippen LogP contribution in [-0.4, -0.2) is 19.9 Å². The Morgan fingerprint density at radius 1 is 1.00 bits per heavy atom. The van der Waals surface area contributed by atoms with Crippen molar-refractivity contribution < 1.29 is 9.47 Å². The first-order valence-electron chi connectivity index (χ1n) is 9.20. The number of nitrogens with zero attached hydrogens (tertiary/aromatic N) is 2. The second-order valence-corrected chi connectivity index (χ2v) is 7.97. The van der Waals surface area contributed by atoms with Crippen molar-refractivity contribution in [3.05, 3.63) is 87.4 Å². The molecule has 4 nitrogen and oxygen atoms in total. The fourth-order valence-electron chi connectivity index (χ4n) is 3.52. The normalized spacial score (nSPS) is 15.9. The number of hydrogen-bond donors (Lipinski definition) is 0. The molecule has 0 bridgehead atoms. The summed E-state index contributed by atoms with van der Waals surface area (Å²) in [6.45, 7) is 0. The molecule has 6 heteroatoms. The van der Waals surface area contributed by atoms with Gasteiger partial charge in [0.1, 0.15) is 11.5 Å². The Labute approximate surface area is 183 Å². The number of ether oxygens (including phenoxy) is 2. The van der Waals surface area contributed by atoms with Gasteiger partial charge in [0.2, 0.25) is 0 Å². The highest BCUT2D eigenvalue weighted by molar-refractivity contribution is 9.10. The summed E-state index contributed by atoms with van der Waals surface area (Å²) >= 11 is 9.74. The summed E-state index contributed by atoms with van der Waals surface area (Å²) < 4.78 is 12.0. The number of para-hydroxylation sites is 1. The third-order valence-corrected chi connectivity index (χ3v) is 5.91. The first-order chi connectivity index (χ1) is 14.1. The summed E-state index contributed by atoms with van der Waals surface area (Å²) in [4.78, 5) is 0. The predicted molar refractivity (Wildman–Crippen MR) is 122 cm³/mol. The average Bonchev–Trinajstić information content (AvgIpc) is 3.19. The topological polar surface area (TPSA) is 34.1 Å². The molecular formula is C23H20BrClN2O2. The van der Waals surface area contributed by atoms with Gasteiger partial charge in [-0.05, 0) is 57.9 Å². The second-order valence-electron chi connectivity index (χ2n) is 6.68. The molecule has 0 amide bonds. The van der Waals surface area contributed by atoms with Crippen LogP contribution in [-0.2, 0) is 0 Å². The molecule has 4 rings (SSSR count). The van der Waals surface area contributed by atoms with Gasteiger partial charge in [0.25, 0.3) is 0 Å². The molecule has 0 fully saturated rings. The van der Waals surface area contributed by atoms with Crippen molar-refractivity contribution in [2.45, 2.75) is 12.5 Å². The van der Waals surface area contributed by atoms with Gasteiger partial charge in [-0.3, -0.25) is 5.01 Å². The lowest BCUT2D eigenvalue weighted by atomic mass is 9.97. The van der Waals surface area contributed by atoms with Crippen molar-refractivity contribution in [1.82, 2.24) is 0 Å². The lowest BCUT2D eigenvalue weighted by Gasteiger charge is -2.26. The lowest BCUT2D eigenvalue weighted by molar-refractivity contribution is 0.388. The third kappa shape index (κ3) is 3.98. The first-order valence-corrected chi connectivity index (χ1v) is 10.4. The van der Waals surface area contributed by atoms with E-state index >= 15 is 0 Å². The standard InChI is InChI=1S/C23H20BrClN2O2/c1-28-17-11-12-18(23(13-17)29-2)22-14-20(15-7-9-16(25)10-8-15)26-27(22)21-6-4-3-5-19(21)24/h3-13,22H,14H2,1-2H3/t22-/m1/s1. The molecule has 29 heavy (non-hydrogen) atoms. The van der Waals surface area contributed by atoms with Crippen molar-refractivity contribution >= 4 is 38.9 Å². The van der Waals surface area contributed by atoms with Gasteiger partial charge < -0.3 is 9.47 Å². The number of methoxy groups -OCH3 is 2. The molecule has 1 heterocycles. The summed E-state index contributed by atoms with van der Waals surface area (Å²) in [6.07, 6.45) is 0.742. The monoisotopic (exact) mass is 470 g/mol. The predicted octanol–water partition coefficient (Wildman–Crippen LogP) is 6.48. The van der Waals surface area contributed by atoms with Crippen LogP contribution >= 0.6 is 27.5 Å². The fraction of sp³-hybridized carbons (Fsp3) is 0.174. The summed E-state index contributed by atoms with van der Waals surface area (Å²) in [5, 5.41) is 7.75. The Hall–Kier alpha value is -2.50. The summed E-state index contributed by atoms with van der Waals surface area (Å²) in [6, 6.07) is 21.8. The van der Waals surface area contributed by atoms with Crippen LogP contribution in [0, 0.1) is 0 Å². The SMILES string of the molecule is COc1ccc([C@H]2CC(c3ccc(Cl)cc3)=NN2c2ccccc2Br)c(OC)c1. The van der Waals surface area contributed by atoms with Gasteiger partial charge in [-0.1, -0.05) is 35.9 Å². The van der Waals surface area contributed by atoms with Crippen LogP contribution in [0.4, 0.5) is 5.69 Å². The van der Waals surface area contributed by atoms with E-state index in [1.807, 2.05) is 60.7 Å². The Balaban J connectivity index is 1.80. The van der Waals surface area contributed by atoms with Crippen LogP contribution in [0.1, 0.15) is 23.6 Å². The van der Waals surface area contributed by atoms with E-state index in [4.69, 9.17) is 26.2 Å². The molecule has 1 atom stereocenters. The summed E-state index contributed by atoms with van der Waals surface area (Å²) in [5.74, 6) is 1.54. The first kappa shape index (κ1) is 19.8. The smallest absolute Gasteiger partial charge is 0.127 e. The van der Waals surface area contributed by atoms with Gasteiger partial charge in [0.05, 0.1) is 31.7 Å². The molecule has 3 aromatic rings. The Kier molecular flexibility index (Phi) is 5.79. The molecule has 0 radical (unpaired) electrons. The van der Waals surface area contributed by atoms with Crippen molar-refractivity contribution in [2.75, 3.05) is 19.2 Å². The molecule has 1 aliphatic heterocycles. The van der Waals surface area contributed by atoms with Gasteiger partial charge >= 0.3 is 0 Å². The summed E-state index contributed by atoms with van der Waals surface area (Å²) in [5.41, 5.74) is 4.11. The maximum absolute atomic E-state index is 6.07. The van der Waals surface area contributed by atoms with E-state index in [0.29, 0.717) is 5.02 Å². The maximum Gasteiger partial charge on any atom is 0.127 e. The minimum Gasteiger partial charge on any atom is -0.497 e. The van der Waals surface area contributed by atoms with Crippen LogP contribution < -0.4 is 14.5 Å². The van der Waals surface area contributed by atoms with E-state index in [9.17, 15) is 0 Å². The van der Waals surface area contributed by atoms with Gasteiger partial charge in [-0.2, -0.15) is 5.10 Å². The average molecular weight is 472 g/mol. The van der Waals surface area contributed by atoms with Crippen LogP contribution in [0.2, 0.25) is 5.02 Å². The minimum atomic E-state index is -0.0137. The fourth-order valence-corrected chi connectivity index (χ4v) is 4.12. The van der Waals surface area contributed by atoms with E-state index < -0.39 is 0 Å². The van der Waals surface area contributed by atoms with Crippen molar-refractivity contribution in [2.24, 2.45) is 5.10 Å². The molecule has 0 spiro atoms. The third-order valence-electron chi connectivity index (χ3n) is 4.99. The van der Waals surface area contributed by atoms with Gasteiger partial charge in [0.15, 0.2) is 0 Å². The molecule has 0 aliphatic carbocycles. The van der Waals surface area contributed by atoms with E-state index in [1.54, 1.807) is 14.2 Å². The summed E-state index contributed by atoms with van der Waals surface area (Å²) in [7, 11) is 3.33. The molecule has 0 saturated carbocycles. The Bertz CT molecular complexity index is 1050. The molecule has 3 aromatic carbocycles. The highest BCUT2D eigenvalue weighted by atomic mass is 79.9. The highest BCUT2D eigenvalue weighted by Gasteiger charge is 2.33. The van der Waals surface area contributed by atoms with Crippen molar-refractivity contribution in [3.8, 4) is 11.5 Å². The molecule has 0 unspecified atom stereocenters. The molecular weight excluding hydrogens is 452 g/mol. The van der Waals surface area contributed by atoms with Gasteiger partial charge in [-0.25, -0.2) is 0 Å². The van der Waals surface area contributed by atoms with Crippen LogP contribution in [0.3, 0.4) is 0 Å². The number of halogens is 2. The quantitative estimate of drug-likeness (QED) is 0.427. The van der Waals surface area contributed by atoms with E-state index in [0.717, 1.165) is 44.9 Å². The van der Waals surface area contributed by atoms with Crippen molar-refractivity contribution in [3.63, 3.8) is 0 Å². The molecule has 0 aromatic heterocycles. The Morgan fingerprint density at radius 3 is 2.45 bits per heavy atom. The minimum absolute atomic E-state index is 0.0137. The van der Waals surface area contributed by atoms with E-state index in [-0.39, 0.29) is 6.04 Å². The zero-order valence-electron chi connectivity index (χ0n) is 16.1.